The van der Waals surface area contributed by atoms with Gasteiger partial charge in [-0.2, -0.15) is 0 Å². The smallest absolute Gasteiger partial charge is 0.231 e. The first-order valence-corrected chi connectivity index (χ1v) is 10.2. The predicted molar refractivity (Wildman–Crippen MR) is 119 cm³/mol. The van der Waals surface area contributed by atoms with Crippen molar-refractivity contribution in [2.45, 2.75) is 20.5 Å². The standard InChI is InChI=1S/C26H24O5/c1-4-29-23-11-6-5-9-19(23)15-24-25(27)21-12-13-22(17(2)26(21)31-24)30-16-18-8-7-10-20(14-18)28-3/h5-15H,4,16H2,1-3H3/b24-15-. The maximum Gasteiger partial charge on any atom is 0.231 e. The van der Waals surface area contributed by atoms with E-state index in [4.69, 9.17) is 18.9 Å². The minimum absolute atomic E-state index is 0.149. The number of benzene rings is 3. The second kappa shape index (κ2) is 8.96. The third-order valence-electron chi connectivity index (χ3n) is 5.07. The molecule has 31 heavy (non-hydrogen) atoms. The van der Waals surface area contributed by atoms with E-state index < -0.39 is 0 Å². The van der Waals surface area contributed by atoms with Crippen molar-refractivity contribution in [2.24, 2.45) is 0 Å². The third-order valence-corrected chi connectivity index (χ3v) is 5.07. The molecule has 0 fully saturated rings. The van der Waals surface area contributed by atoms with Gasteiger partial charge in [0.1, 0.15) is 29.6 Å². The Hall–Kier alpha value is -3.73. The van der Waals surface area contributed by atoms with Crippen LogP contribution < -0.4 is 18.9 Å². The van der Waals surface area contributed by atoms with Crippen molar-refractivity contribution in [3.05, 3.63) is 88.7 Å². The molecule has 0 N–H and O–H groups in total. The van der Waals surface area contributed by atoms with Crippen LogP contribution in [0.25, 0.3) is 6.08 Å². The Kier molecular flexibility index (Phi) is 5.94. The van der Waals surface area contributed by atoms with Gasteiger partial charge >= 0.3 is 0 Å². The number of carbonyl (C=O) groups excluding carboxylic acids is 1. The molecule has 0 atom stereocenters. The van der Waals surface area contributed by atoms with Crippen LogP contribution in [0.3, 0.4) is 0 Å². The van der Waals surface area contributed by atoms with Gasteiger partial charge in [0.25, 0.3) is 0 Å². The second-order valence-corrected chi connectivity index (χ2v) is 7.12. The van der Waals surface area contributed by atoms with E-state index in [1.165, 1.54) is 0 Å². The Bertz CT molecular complexity index is 1150. The molecule has 0 spiro atoms. The van der Waals surface area contributed by atoms with Crippen molar-refractivity contribution in [2.75, 3.05) is 13.7 Å². The molecule has 5 nitrogen and oxygen atoms in total. The first kappa shape index (κ1) is 20.5. The molecular formula is C26H24O5. The normalized spacial score (nSPS) is 13.6. The van der Waals surface area contributed by atoms with Crippen molar-refractivity contribution in [1.29, 1.82) is 0 Å². The van der Waals surface area contributed by atoms with Gasteiger partial charge in [-0.25, -0.2) is 0 Å². The van der Waals surface area contributed by atoms with Crippen LogP contribution in [0, 0.1) is 6.92 Å². The Balaban J connectivity index is 1.57. The topological polar surface area (TPSA) is 54.0 Å². The van der Waals surface area contributed by atoms with Crippen LogP contribution in [0.4, 0.5) is 0 Å². The number of para-hydroxylation sites is 1. The molecule has 0 unspecified atom stereocenters. The molecule has 0 radical (unpaired) electrons. The van der Waals surface area contributed by atoms with Gasteiger partial charge < -0.3 is 18.9 Å². The zero-order chi connectivity index (χ0) is 21.8. The van der Waals surface area contributed by atoms with Crippen molar-refractivity contribution in [1.82, 2.24) is 0 Å². The SMILES string of the molecule is CCOc1ccccc1/C=C1\Oc2c(ccc(OCc3cccc(OC)c3)c2C)C1=O. The van der Waals surface area contributed by atoms with E-state index in [0.717, 1.165) is 22.4 Å². The minimum atomic E-state index is -0.149. The molecule has 4 rings (SSSR count). The number of carbonyl (C=O) groups is 1. The molecule has 5 heteroatoms. The van der Waals surface area contributed by atoms with Crippen molar-refractivity contribution in [3.63, 3.8) is 0 Å². The predicted octanol–water partition coefficient (Wildman–Crippen LogP) is 5.60. The molecule has 0 saturated heterocycles. The van der Waals surface area contributed by atoms with Crippen LogP contribution >= 0.6 is 0 Å². The van der Waals surface area contributed by atoms with Gasteiger partial charge in [-0.1, -0.05) is 30.3 Å². The molecule has 158 valence electrons. The average molecular weight is 416 g/mol. The number of hydrogen-bond acceptors (Lipinski definition) is 5. The average Bonchev–Trinajstić information content (AvgIpc) is 3.11. The summed E-state index contributed by atoms with van der Waals surface area (Å²) in [4.78, 5) is 12.9. The number of ether oxygens (including phenoxy) is 4. The molecule has 1 aliphatic rings. The van der Waals surface area contributed by atoms with Crippen LogP contribution in [0.2, 0.25) is 0 Å². The fourth-order valence-electron chi connectivity index (χ4n) is 3.48. The molecule has 3 aromatic rings. The monoisotopic (exact) mass is 416 g/mol. The fourth-order valence-corrected chi connectivity index (χ4v) is 3.48. The van der Waals surface area contributed by atoms with Crippen LogP contribution in [0.15, 0.2) is 66.4 Å². The number of fused-ring (bicyclic) bond motifs is 1. The third kappa shape index (κ3) is 4.26. The summed E-state index contributed by atoms with van der Waals surface area (Å²) in [5.74, 6) is 2.82. The summed E-state index contributed by atoms with van der Waals surface area (Å²) in [5, 5.41) is 0. The van der Waals surface area contributed by atoms with E-state index in [1.807, 2.05) is 68.4 Å². The first-order valence-electron chi connectivity index (χ1n) is 10.2. The summed E-state index contributed by atoms with van der Waals surface area (Å²) in [7, 11) is 1.64. The fraction of sp³-hybridized carbons (Fsp3) is 0.192. The van der Waals surface area contributed by atoms with Crippen LogP contribution in [-0.2, 0) is 6.61 Å². The van der Waals surface area contributed by atoms with E-state index in [0.29, 0.717) is 36.0 Å². The summed E-state index contributed by atoms with van der Waals surface area (Å²) in [5.41, 5.74) is 3.11. The lowest BCUT2D eigenvalue weighted by molar-refractivity contribution is 0.101. The van der Waals surface area contributed by atoms with Crippen molar-refractivity contribution < 1.29 is 23.7 Å². The number of hydrogen-bond donors (Lipinski definition) is 0. The molecule has 3 aromatic carbocycles. The molecule has 0 saturated carbocycles. The highest BCUT2D eigenvalue weighted by Gasteiger charge is 2.30. The summed E-state index contributed by atoms with van der Waals surface area (Å²) in [6, 6.07) is 18.8. The molecule has 0 amide bonds. The lowest BCUT2D eigenvalue weighted by Gasteiger charge is -2.12. The lowest BCUT2D eigenvalue weighted by atomic mass is 10.1. The molecule has 0 aromatic heterocycles. The maximum absolute atomic E-state index is 12.9. The Morgan fingerprint density at radius 2 is 1.81 bits per heavy atom. The quantitative estimate of drug-likeness (QED) is 0.470. The molecule has 0 bridgehead atoms. The van der Waals surface area contributed by atoms with Gasteiger partial charge in [-0.3, -0.25) is 4.79 Å². The molecule has 0 aliphatic carbocycles. The van der Waals surface area contributed by atoms with Crippen LogP contribution in [0.1, 0.15) is 34.0 Å². The number of Topliss-reactive ketones (excluding diaryl/α,β-unsaturated/α-hetero) is 1. The van der Waals surface area contributed by atoms with Crippen LogP contribution in [0.5, 0.6) is 23.0 Å². The highest BCUT2D eigenvalue weighted by Crippen LogP contribution is 2.40. The first-order chi connectivity index (χ1) is 15.1. The molecular weight excluding hydrogens is 392 g/mol. The summed E-state index contributed by atoms with van der Waals surface area (Å²) < 4.78 is 22.9. The number of allylic oxidation sites excluding steroid dienone is 1. The van der Waals surface area contributed by atoms with E-state index in [2.05, 4.69) is 0 Å². The Labute approximate surface area is 181 Å². The molecule has 1 aliphatic heterocycles. The largest absolute Gasteiger partial charge is 0.497 e. The van der Waals surface area contributed by atoms with Gasteiger partial charge in [-0.15, -0.1) is 0 Å². The highest BCUT2D eigenvalue weighted by molar-refractivity contribution is 6.15. The number of methoxy groups -OCH3 is 1. The van der Waals surface area contributed by atoms with Gasteiger partial charge in [-0.05, 0) is 55.8 Å². The van der Waals surface area contributed by atoms with Gasteiger partial charge in [0.15, 0.2) is 5.76 Å². The number of ketones is 1. The van der Waals surface area contributed by atoms with E-state index >= 15 is 0 Å². The highest BCUT2D eigenvalue weighted by atomic mass is 16.5. The van der Waals surface area contributed by atoms with E-state index in [-0.39, 0.29) is 11.5 Å². The number of rotatable bonds is 7. The minimum Gasteiger partial charge on any atom is -0.497 e. The van der Waals surface area contributed by atoms with Crippen LogP contribution in [-0.4, -0.2) is 19.5 Å². The van der Waals surface area contributed by atoms with E-state index in [1.54, 1.807) is 19.3 Å². The summed E-state index contributed by atoms with van der Waals surface area (Å²) in [6.45, 7) is 4.75. The molecule has 1 heterocycles. The zero-order valence-electron chi connectivity index (χ0n) is 17.8. The van der Waals surface area contributed by atoms with Gasteiger partial charge in [0.05, 0.1) is 19.3 Å². The summed E-state index contributed by atoms with van der Waals surface area (Å²) >= 11 is 0. The van der Waals surface area contributed by atoms with E-state index in [9.17, 15) is 4.79 Å². The maximum atomic E-state index is 12.9. The van der Waals surface area contributed by atoms with Gasteiger partial charge in [0.2, 0.25) is 5.78 Å². The second-order valence-electron chi connectivity index (χ2n) is 7.12. The zero-order valence-corrected chi connectivity index (χ0v) is 17.8. The Morgan fingerprint density at radius 1 is 0.968 bits per heavy atom. The van der Waals surface area contributed by atoms with Gasteiger partial charge in [0, 0.05) is 11.1 Å². The summed E-state index contributed by atoms with van der Waals surface area (Å²) in [6.07, 6.45) is 1.73. The van der Waals surface area contributed by atoms with Crippen molar-refractivity contribution in [3.8, 4) is 23.0 Å². The Morgan fingerprint density at radius 3 is 2.61 bits per heavy atom. The van der Waals surface area contributed by atoms with Crippen molar-refractivity contribution >= 4 is 11.9 Å². The lowest BCUT2D eigenvalue weighted by Crippen LogP contribution is -1.99.